The number of ketones is 1. The summed E-state index contributed by atoms with van der Waals surface area (Å²) in [5.74, 6) is -0.487. The van der Waals surface area contributed by atoms with Crippen LogP contribution in [0.5, 0.6) is 17.2 Å². The van der Waals surface area contributed by atoms with Crippen molar-refractivity contribution in [2.24, 2.45) is 5.73 Å². The van der Waals surface area contributed by atoms with Gasteiger partial charge in [0.1, 0.15) is 17.2 Å². The summed E-state index contributed by atoms with van der Waals surface area (Å²) in [6.07, 6.45) is -2.90. The van der Waals surface area contributed by atoms with Gasteiger partial charge in [-0.15, -0.1) is 13.2 Å². The second kappa shape index (κ2) is 9.33. The number of amides is 1. The molecule has 3 aromatic rings. The minimum Gasteiger partial charge on any atom is -0.457 e. The van der Waals surface area contributed by atoms with E-state index in [-0.39, 0.29) is 29.1 Å². The largest absolute Gasteiger partial charge is 0.573 e. The number of Topliss-reactive ketones (excluding diaryl/α,β-unsaturated/α-hetero) is 1. The Morgan fingerprint density at radius 1 is 0.971 bits per heavy atom. The van der Waals surface area contributed by atoms with Crippen LogP contribution in [0.4, 0.5) is 19.1 Å². The third-order valence-electron chi connectivity index (χ3n) is 4.87. The summed E-state index contributed by atoms with van der Waals surface area (Å²) in [5, 5.41) is 2.93. The number of hydrogen-bond acceptors (Lipinski definition) is 8. The van der Waals surface area contributed by atoms with Crippen LogP contribution in [0.2, 0.25) is 0 Å². The Bertz CT molecular complexity index is 1200. The lowest BCUT2D eigenvalue weighted by Gasteiger charge is -2.12. The van der Waals surface area contributed by atoms with Gasteiger partial charge in [-0.25, -0.2) is 4.98 Å². The highest BCUT2D eigenvalue weighted by Crippen LogP contribution is 2.28. The van der Waals surface area contributed by atoms with Gasteiger partial charge in [0.2, 0.25) is 11.8 Å². The predicted molar refractivity (Wildman–Crippen MR) is 113 cm³/mol. The third-order valence-corrected chi connectivity index (χ3v) is 4.87. The standard InChI is InChI=1S/C22H18F3N5O4/c23-22(24,25)34-15-10-8-14(9-11-15)33-13-6-4-12(5-7-13)19-28-20(18(26)32)30-21(29-19)27-16-2-1-3-17(16)31/h4-11,16H,1-3H2,(H2,26,32)(H,27,28,29,30)/t16-/m0/s1. The van der Waals surface area contributed by atoms with Gasteiger partial charge in [-0.2, -0.15) is 9.97 Å². The molecule has 0 unspecified atom stereocenters. The molecule has 34 heavy (non-hydrogen) atoms. The molecule has 1 fully saturated rings. The molecule has 4 rings (SSSR count). The number of primary amides is 1. The van der Waals surface area contributed by atoms with E-state index >= 15 is 0 Å². The molecular formula is C22H18F3N5O4. The molecule has 2 aromatic carbocycles. The van der Waals surface area contributed by atoms with Crippen molar-refractivity contribution in [1.82, 2.24) is 15.0 Å². The number of hydrogen-bond donors (Lipinski definition) is 2. The molecule has 1 saturated carbocycles. The Morgan fingerprint density at radius 2 is 1.59 bits per heavy atom. The molecular weight excluding hydrogens is 455 g/mol. The van der Waals surface area contributed by atoms with Gasteiger partial charge in [-0.1, -0.05) is 0 Å². The molecule has 1 aliphatic rings. The van der Waals surface area contributed by atoms with Crippen molar-refractivity contribution in [3.63, 3.8) is 0 Å². The molecule has 1 amide bonds. The van der Waals surface area contributed by atoms with E-state index in [0.29, 0.717) is 29.9 Å². The van der Waals surface area contributed by atoms with Gasteiger partial charge in [0.25, 0.3) is 5.91 Å². The van der Waals surface area contributed by atoms with Gasteiger partial charge in [0, 0.05) is 12.0 Å². The zero-order valence-electron chi connectivity index (χ0n) is 17.5. The fourth-order valence-electron chi connectivity index (χ4n) is 3.32. The van der Waals surface area contributed by atoms with E-state index in [0.717, 1.165) is 18.6 Å². The number of alkyl halides is 3. The molecule has 3 N–H and O–H groups in total. The zero-order chi connectivity index (χ0) is 24.3. The van der Waals surface area contributed by atoms with E-state index in [4.69, 9.17) is 10.5 Å². The molecule has 0 spiro atoms. The first-order chi connectivity index (χ1) is 16.2. The first-order valence-corrected chi connectivity index (χ1v) is 10.2. The number of halogens is 3. The summed E-state index contributed by atoms with van der Waals surface area (Å²) in [6, 6.07) is 11.0. The van der Waals surface area contributed by atoms with Crippen LogP contribution in [0.1, 0.15) is 29.9 Å². The van der Waals surface area contributed by atoms with Crippen molar-refractivity contribution in [3.05, 3.63) is 54.4 Å². The zero-order valence-corrected chi connectivity index (χ0v) is 17.5. The second-order valence-corrected chi connectivity index (χ2v) is 7.37. The molecule has 0 saturated heterocycles. The van der Waals surface area contributed by atoms with Crippen molar-refractivity contribution in [1.29, 1.82) is 0 Å². The van der Waals surface area contributed by atoms with E-state index in [2.05, 4.69) is 25.0 Å². The molecule has 0 aliphatic heterocycles. The van der Waals surface area contributed by atoms with Gasteiger partial charge >= 0.3 is 6.36 Å². The first kappa shape index (κ1) is 23.0. The lowest BCUT2D eigenvalue weighted by Crippen LogP contribution is -2.26. The maximum absolute atomic E-state index is 12.3. The molecule has 12 heteroatoms. The van der Waals surface area contributed by atoms with Crippen LogP contribution in [0.3, 0.4) is 0 Å². The number of rotatable bonds is 7. The summed E-state index contributed by atoms with van der Waals surface area (Å²) < 4.78 is 46.3. The number of anilines is 1. The van der Waals surface area contributed by atoms with Crippen LogP contribution in [0.25, 0.3) is 11.4 Å². The number of benzene rings is 2. The number of ether oxygens (including phenoxy) is 2. The maximum atomic E-state index is 12.3. The van der Waals surface area contributed by atoms with Crippen LogP contribution >= 0.6 is 0 Å². The lowest BCUT2D eigenvalue weighted by atomic mass is 10.2. The van der Waals surface area contributed by atoms with Crippen LogP contribution in [0, 0.1) is 0 Å². The van der Waals surface area contributed by atoms with E-state index in [9.17, 15) is 22.8 Å². The van der Waals surface area contributed by atoms with E-state index in [1.165, 1.54) is 12.1 Å². The van der Waals surface area contributed by atoms with Crippen LogP contribution < -0.4 is 20.5 Å². The minimum absolute atomic E-state index is 0.0436. The van der Waals surface area contributed by atoms with Crippen LogP contribution in [-0.2, 0) is 4.79 Å². The van der Waals surface area contributed by atoms with Crippen molar-refractivity contribution in [2.45, 2.75) is 31.7 Å². The number of carbonyl (C=O) groups is 2. The average molecular weight is 473 g/mol. The molecule has 0 radical (unpaired) electrons. The van der Waals surface area contributed by atoms with Gasteiger partial charge in [-0.3, -0.25) is 9.59 Å². The molecule has 1 aliphatic carbocycles. The van der Waals surface area contributed by atoms with Crippen molar-refractivity contribution >= 4 is 17.6 Å². The molecule has 1 heterocycles. The lowest BCUT2D eigenvalue weighted by molar-refractivity contribution is -0.274. The molecule has 0 bridgehead atoms. The van der Waals surface area contributed by atoms with Gasteiger partial charge in [0.05, 0.1) is 6.04 Å². The highest BCUT2D eigenvalue weighted by atomic mass is 19.4. The second-order valence-electron chi connectivity index (χ2n) is 7.37. The topological polar surface area (TPSA) is 129 Å². The minimum atomic E-state index is -4.77. The summed E-state index contributed by atoms with van der Waals surface area (Å²) in [5.41, 5.74) is 5.86. The summed E-state index contributed by atoms with van der Waals surface area (Å²) in [6.45, 7) is 0. The Morgan fingerprint density at radius 3 is 2.15 bits per heavy atom. The summed E-state index contributed by atoms with van der Waals surface area (Å²) in [4.78, 5) is 36.0. The Balaban J connectivity index is 1.50. The van der Waals surface area contributed by atoms with Crippen LogP contribution in [0.15, 0.2) is 48.5 Å². The fourth-order valence-corrected chi connectivity index (χ4v) is 3.32. The predicted octanol–water partition coefficient (Wildman–Crippen LogP) is 3.86. The molecule has 176 valence electrons. The third kappa shape index (κ3) is 5.77. The first-order valence-electron chi connectivity index (χ1n) is 10.2. The fraction of sp³-hybridized carbons (Fsp3) is 0.227. The molecule has 1 aromatic heterocycles. The van der Waals surface area contributed by atoms with Crippen molar-refractivity contribution in [3.8, 4) is 28.6 Å². The SMILES string of the molecule is NC(=O)c1nc(N[C@H]2CCCC2=O)nc(-c2ccc(Oc3ccc(OC(F)(F)F)cc3)cc2)n1. The van der Waals surface area contributed by atoms with Gasteiger partial charge < -0.3 is 20.5 Å². The Hall–Kier alpha value is -4.22. The monoisotopic (exact) mass is 473 g/mol. The summed E-state index contributed by atoms with van der Waals surface area (Å²) in [7, 11) is 0. The normalized spacial score (nSPS) is 15.7. The molecule has 1 atom stereocenters. The number of nitrogens with zero attached hydrogens (tertiary/aromatic N) is 3. The van der Waals surface area contributed by atoms with E-state index in [1.807, 2.05) is 0 Å². The number of nitrogens with one attached hydrogen (secondary N) is 1. The van der Waals surface area contributed by atoms with Gasteiger partial charge in [-0.05, 0) is 61.4 Å². The maximum Gasteiger partial charge on any atom is 0.573 e. The van der Waals surface area contributed by atoms with Gasteiger partial charge in [0.15, 0.2) is 11.6 Å². The Kier molecular flexibility index (Phi) is 6.30. The smallest absolute Gasteiger partial charge is 0.457 e. The number of carbonyl (C=O) groups excluding carboxylic acids is 2. The highest BCUT2D eigenvalue weighted by molar-refractivity contribution is 5.90. The van der Waals surface area contributed by atoms with Crippen LogP contribution in [-0.4, -0.2) is 39.0 Å². The Labute approximate surface area is 191 Å². The molecule has 9 nitrogen and oxygen atoms in total. The van der Waals surface area contributed by atoms with E-state index in [1.54, 1.807) is 24.3 Å². The number of aromatic nitrogens is 3. The number of nitrogens with two attached hydrogens (primary N) is 1. The quantitative estimate of drug-likeness (QED) is 0.529. The average Bonchev–Trinajstić information content (AvgIpc) is 3.18. The van der Waals surface area contributed by atoms with Crippen molar-refractivity contribution in [2.75, 3.05) is 5.32 Å². The highest BCUT2D eigenvalue weighted by Gasteiger charge is 2.31. The van der Waals surface area contributed by atoms with Crippen molar-refractivity contribution < 1.29 is 32.2 Å². The summed E-state index contributed by atoms with van der Waals surface area (Å²) >= 11 is 0. The van der Waals surface area contributed by atoms with E-state index < -0.39 is 18.3 Å².